The van der Waals surface area contributed by atoms with Gasteiger partial charge >= 0.3 is 5.97 Å². The Morgan fingerprint density at radius 2 is 1.59 bits per heavy atom. The molecule has 0 saturated heterocycles. The van der Waals surface area contributed by atoms with E-state index >= 15 is 0 Å². The molecular weight excluding hydrogens is 258 g/mol. The first-order valence-electron chi connectivity index (χ1n) is 5.52. The van der Waals surface area contributed by atoms with Gasteiger partial charge in [-0.3, -0.25) is 9.59 Å². The van der Waals surface area contributed by atoms with Crippen molar-refractivity contribution < 1.29 is 14.3 Å². The maximum atomic E-state index is 11.9. The molecule has 0 spiro atoms. The number of hydrogen-bond acceptors (Lipinski definition) is 3. The van der Waals surface area contributed by atoms with Crippen molar-refractivity contribution in [1.29, 1.82) is 0 Å². The zero-order valence-electron chi connectivity index (χ0n) is 10.7. The van der Waals surface area contributed by atoms with E-state index in [0.29, 0.717) is 13.1 Å². The Balaban J connectivity index is 0. The monoisotopic (exact) mass is 281 g/mol. The van der Waals surface area contributed by atoms with Gasteiger partial charge in [-0.1, -0.05) is 0 Å². The normalized spacial score (nSPS) is 21.4. The first-order chi connectivity index (χ1) is 7.15. The van der Waals surface area contributed by atoms with Crippen molar-refractivity contribution in [3.63, 3.8) is 0 Å². The van der Waals surface area contributed by atoms with Crippen molar-refractivity contribution in [3.05, 3.63) is 0 Å². The molecule has 6 heteroatoms. The summed E-state index contributed by atoms with van der Waals surface area (Å²) in [6.45, 7) is 5.32. The molecule has 0 aromatic rings. The van der Waals surface area contributed by atoms with E-state index in [4.69, 9.17) is 0 Å². The van der Waals surface area contributed by atoms with Gasteiger partial charge < -0.3 is 9.64 Å². The van der Waals surface area contributed by atoms with E-state index in [1.54, 1.807) is 4.90 Å². The van der Waals surface area contributed by atoms with Crippen LogP contribution >= 0.6 is 27.0 Å². The minimum Gasteiger partial charge on any atom is -0.469 e. The van der Waals surface area contributed by atoms with Crippen LogP contribution in [-0.4, -0.2) is 37.0 Å². The van der Waals surface area contributed by atoms with Crippen LogP contribution in [0.25, 0.3) is 0 Å². The molecule has 1 rings (SSSR count). The molecule has 1 saturated carbocycles. The van der Waals surface area contributed by atoms with E-state index in [-0.39, 0.29) is 50.7 Å². The lowest BCUT2D eigenvalue weighted by Crippen LogP contribution is -2.46. The van der Waals surface area contributed by atoms with E-state index in [1.165, 1.54) is 7.11 Å². The van der Waals surface area contributed by atoms with Gasteiger partial charge in [0.1, 0.15) is 0 Å². The molecule has 0 bridgehead atoms. The maximum absolute atomic E-state index is 11.9. The van der Waals surface area contributed by atoms with Crippen molar-refractivity contribution in [2.24, 2.45) is 11.8 Å². The summed E-state index contributed by atoms with van der Waals surface area (Å²) in [5.41, 5.74) is 0. The second kappa shape index (κ2) is 8.69. The second-order valence-electron chi connectivity index (χ2n) is 3.82. The van der Waals surface area contributed by atoms with E-state index in [0.717, 1.165) is 12.8 Å². The average Bonchev–Trinajstić information content (AvgIpc) is 2.17. The lowest BCUT2D eigenvalue weighted by atomic mass is 9.73. The van der Waals surface area contributed by atoms with Crippen LogP contribution in [0.4, 0.5) is 0 Å². The second-order valence-corrected chi connectivity index (χ2v) is 3.82. The zero-order chi connectivity index (χ0) is 11.4. The molecule has 0 aromatic heterocycles. The molecule has 102 valence electrons. The molecule has 17 heavy (non-hydrogen) atoms. The van der Waals surface area contributed by atoms with Gasteiger partial charge in [-0.2, -0.15) is 27.0 Å². The molecule has 0 radical (unpaired) electrons. The van der Waals surface area contributed by atoms with E-state index in [9.17, 15) is 9.59 Å². The number of methoxy groups -OCH3 is 1. The number of amides is 1. The molecule has 1 amide bonds. The molecule has 1 aliphatic carbocycles. The van der Waals surface area contributed by atoms with Crippen LogP contribution < -0.4 is 0 Å². The third-order valence-corrected chi connectivity index (χ3v) is 3.17. The van der Waals surface area contributed by atoms with Crippen molar-refractivity contribution >= 4 is 38.9 Å². The average molecular weight is 281 g/mol. The number of carbonyl (C=O) groups excluding carboxylic acids is 2. The summed E-state index contributed by atoms with van der Waals surface area (Å²) in [4.78, 5) is 25.0. The van der Waals surface area contributed by atoms with Gasteiger partial charge in [0, 0.05) is 13.1 Å². The van der Waals surface area contributed by atoms with Crippen molar-refractivity contribution in [3.8, 4) is 0 Å². The highest BCUT2D eigenvalue weighted by Gasteiger charge is 2.43. The van der Waals surface area contributed by atoms with Crippen LogP contribution in [0.15, 0.2) is 0 Å². The molecule has 0 aliphatic heterocycles. The molecule has 1 fully saturated rings. The van der Waals surface area contributed by atoms with Crippen LogP contribution in [-0.2, 0) is 14.3 Å². The number of rotatable bonds is 4. The fraction of sp³-hybridized carbons (Fsp3) is 0.818. The van der Waals surface area contributed by atoms with Gasteiger partial charge in [0.25, 0.3) is 0 Å². The van der Waals surface area contributed by atoms with Crippen LogP contribution in [0.3, 0.4) is 0 Å². The molecular formula is C11H23NO3S2. The number of nitrogens with zero attached hydrogens (tertiary/aromatic N) is 1. The van der Waals surface area contributed by atoms with Gasteiger partial charge in [-0.05, 0) is 26.7 Å². The summed E-state index contributed by atoms with van der Waals surface area (Å²) < 4.78 is 4.67. The summed E-state index contributed by atoms with van der Waals surface area (Å²) in [6, 6.07) is 0. The van der Waals surface area contributed by atoms with Crippen molar-refractivity contribution in [1.82, 2.24) is 4.90 Å². The van der Waals surface area contributed by atoms with E-state index < -0.39 is 0 Å². The van der Waals surface area contributed by atoms with Gasteiger partial charge in [0.2, 0.25) is 5.91 Å². The molecule has 1 aliphatic rings. The standard InChI is InChI=1S/C11H19NO3.2H2S/c1-4-12(5-2)10(13)8-6-7-9(8)11(14)15-3;;/h8-9H,4-7H2,1-3H3;2*1H2/t8-,9-;;/m0../s1. The highest BCUT2D eigenvalue weighted by molar-refractivity contribution is 7.59. The summed E-state index contributed by atoms with van der Waals surface area (Å²) in [7, 11) is 1.37. The third-order valence-electron chi connectivity index (χ3n) is 3.17. The minimum atomic E-state index is -0.244. The Kier molecular flexibility index (Phi) is 9.71. The smallest absolute Gasteiger partial charge is 0.309 e. The maximum Gasteiger partial charge on any atom is 0.309 e. The third kappa shape index (κ3) is 4.10. The first kappa shape index (κ1) is 19.0. The van der Waals surface area contributed by atoms with Crippen LogP contribution in [0.2, 0.25) is 0 Å². The molecule has 0 heterocycles. The van der Waals surface area contributed by atoms with Crippen LogP contribution in [0.5, 0.6) is 0 Å². The van der Waals surface area contributed by atoms with Gasteiger partial charge in [0.15, 0.2) is 0 Å². The van der Waals surface area contributed by atoms with Crippen LogP contribution in [0, 0.1) is 11.8 Å². The number of ether oxygens (including phenoxy) is 1. The summed E-state index contributed by atoms with van der Waals surface area (Å²) in [5, 5.41) is 0. The Labute approximate surface area is 117 Å². The Hall–Kier alpha value is -0.360. The predicted molar refractivity (Wildman–Crippen MR) is 76.9 cm³/mol. The van der Waals surface area contributed by atoms with Crippen molar-refractivity contribution in [2.45, 2.75) is 26.7 Å². The fourth-order valence-electron chi connectivity index (χ4n) is 2.00. The molecule has 4 nitrogen and oxygen atoms in total. The highest BCUT2D eigenvalue weighted by Crippen LogP contribution is 2.36. The summed E-state index contributed by atoms with van der Waals surface area (Å²) in [5.74, 6) is -0.492. The zero-order valence-corrected chi connectivity index (χ0v) is 12.7. The Morgan fingerprint density at radius 1 is 1.12 bits per heavy atom. The topological polar surface area (TPSA) is 46.6 Å². The summed E-state index contributed by atoms with van der Waals surface area (Å²) >= 11 is 0. The van der Waals surface area contributed by atoms with Crippen LogP contribution in [0.1, 0.15) is 26.7 Å². The molecule has 0 N–H and O–H groups in total. The van der Waals surface area contributed by atoms with Gasteiger partial charge in [-0.25, -0.2) is 0 Å². The number of carbonyl (C=O) groups is 2. The number of esters is 1. The highest BCUT2D eigenvalue weighted by atomic mass is 32.1. The SMILES string of the molecule is CCN(CC)C(=O)[C@H]1CC[C@@H]1C(=O)OC.S.S. The lowest BCUT2D eigenvalue weighted by molar-refractivity contribution is -0.159. The Bertz CT molecular complexity index is 257. The molecule has 0 unspecified atom stereocenters. The predicted octanol–water partition coefficient (Wildman–Crippen LogP) is 1.28. The quantitative estimate of drug-likeness (QED) is 0.729. The lowest BCUT2D eigenvalue weighted by Gasteiger charge is -2.36. The Morgan fingerprint density at radius 3 is 1.88 bits per heavy atom. The molecule has 0 aromatic carbocycles. The van der Waals surface area contributed by atoms with E-state index in [1.807, 2.05) is 13.8 Å². The summed E-state index contributed by atoms with van der Waals surface area (Å²) in [6.07, 6.45) is 1.60. The first-order valence-corrected chi connectivity index (χ1v) is 5.52. The van der Waals surface area contributed by atoms with E-state index in [2.05, 4.69) is 4.74 Å². The minimum absolute atomic E-state index is 0. The fourth-order valence-corrected chi connectivity index (χ4v) is 2.00. The van der Waals surface area contributed by atoms with Gasteiger partial charge in [-0.15, -0.1) is 0 Å². The number of hydrogen-bond donors (Lipinski definition) is 0. The largest absolute Gasteiger partial charge is 0.469 e. The molecule has 2 atom stereocenters. The van der Waals surface area contributed by atoms with Crippen molar-refractivity contribution in [2.75, 3.05) is 20.2 Å². The van der Waals surface area contributed by atoms with Gasteiger partial charge in [0.05, 0.1) is 18.9 Å².